The van der Waals surface area contributed by atoms with E-state index in [1.165, 1.54) is 0 Å². The average molecular weight is 300 g/mol. The fraction of sp³-hybridized carbons (Fsp3) is 0.412. The Hall–Kier alpha value is -2.32. The number of carbonyl (C=O) groups is 2. The summed E-state index contributed by atoms with van der Waals surface area (Å²) in [6.45, 7) is 0.732. The fourth-order valence-corrected chi connectivity index (χ4v) is 2.32. The molecule has 0 aromatic heterocycles. The molecule has 1 fully saturated rings. The molecule has 0 bridgehead atoms. The number of rotatable bonds is 6. The van der Waals surface area contributed by atoms with Crippen LogP contribution in [-0.2, 0) is 14.3 Å². The average Bonchev–Trinajstić information content (AvgIpc) is 3.04. The predicted octanol–water partition coefficient (Wildman–Crippen LogP) is 1.68. The van der Waals surface area contributed by atoms with Crippen LogP contribution in [0.25, 0.3) is 0 Å². The lowest BCUT2D eigenvalue weighted by atomic mass is 10.1. The highest BCUT2D eigenvalue weighted by Gasteiger charge is 2.16. The molecule has 1 aliphatic heterocycles. The number of anilines is 1. The Bertz CT molecular complexity index is 572. The van der Waals surface area contributed by atoms with Gasteiger partial charge in [0.15, 0.2) is 0 Å². The molecule has 0 aliphatic carbocycles. The summed E-state index contributed by atoms with van der Waals surface area (Å²) < 4.78 is 5.45. The van der Waals surface area contributed by atoms with Crippen LogP contribution in [-0.4, -0.2) is 31.1 Å². The largest absolute Gasteiger partial charge is 0.378 e. The van der Waals surface area contributed by atoms with Gasteiger partial charge in [-0.3, -0.25) is 9.59 Å². The lowest BCUT2D eigenvalue weighted by Gasteiger charge is -2.10. The van der Waals surface area contributed by atoms with Gasteiger partial charge in [-0.25, -0.2) is 0 Å². The van der Waals surface area contributed by atoms with Gasteiger partial charge in [0.1, 0.15) is 0 Å². The van der Waals surface area contributed by atoms with Crippen LogP contribution in [0.1, 0.15) is 31.2 Å². The minimum atomic E-state index is -0.278. The number of amides is 2. The van der Waals surface area contributed by atoms with Gasteiger partial charge in [0.2, 0.25) is 11.8 Å². The quantitative estimate of drug-likeness (QED) is 0.786. The fourth-order valence-electron chi connectivity index (χ4n) is 2.32. The Balaban J connectivity index is 1.68. The Morgan fingerprint density at radius 2 is 2.23 bits per heavy atom. The van der Waals surface area contributed by atoms with E-state index in [0.717, 1.165) is 19.4 Å². The predicted molar refractivity (Wildman–Crippen MR) is 84.2 cm³/mol. The Labute approximate surface area is 130 Å². The van der Waals surface area contributed by atoms with Gasteiger partial charge in [0.05, 0.1) is 12.6 Å². The molecule has 1 atom stereocenters. The van der Waals surface area contributed by atoms with Gasteiger partial charge in [-0.05, 0) is 37.5 Å². The van der Waals surface area contributed by atoms with Crippen LogP contribution in [0.3, 0.4) is 0 Å². The van der Waals surface area contributed by atoms with E-state index in [1.54, 1.807) is 24.3 Å². The SMILES string of the molecule is C#Cc1cccc(NC(=O)CNC(=O)CCC2CCCO2)c1. The number of benzene rings is 1. The van der Waals surface area contributed by atoms with Crippen LogP contribution in [0.15, 0.2) is 24.3 Å². The number of hydrogen-bond donors (Lipinski definition) is 2. The van der Waals surface area contributed by atoms with Crippen LogP contribution in [0.2, 0.25) is 0 Å². The molecule has 1 aromatic rings. The Kier molecular flexibility index (Phi) is 5.99. The summed E-state index contributed by atoms with van der Waals surface area (Å²) in [4.78, 5) is 23.5. The van der Waals surface area contributed by atoms with Crippen molar-refractivity contribution in [3.05, 3.63) is 29.8 Å². The van der Waals surface area contributed by atoms with Gasteiger partial charge >= 0.3 is 0 Å². The Morgan fingerprint density at radius 3 is 2.95 bits per heavy atom. The van der Waals surface area contributed by atoms with E-state index in [0.29, 0.717) is 24.1 Å². The molecule has 22 heavy (non-hydrogen) atoms. The first-order valence-corrected chi connectivity index (χ1v) is 7.42. The highest BCUT2D eigenvalue weighted by molar-refractivity contribution is 5.94. The van der Waals surface area contributed by atoms with E-state index in [1.807, 2.05) is 0 Å². The summed E-state index contributed by atoms with van der Waals surface area (Å²) in [5, 5.41) is 5.30. The summed E-state index contributed by atoms with van der Waals surface area (Å²) in [5.74, 6) is 2.09. The number of carbonyl (C=O) groups excluding carboxylic acids is 2. The molecule has 0 saturated carbocycles. The van der Waals surface area contributed by atoms with Gasteiger partial charge in [0.25, 0.3) is 0 Å². The molecule has 5 nitrogen and oxygen atoms in total. The van der Waals surface area contributed by atoms with Crippen molar-refractivity contribution in [2.45, 2.75) is 31.8 Å². The van der Waals surface area contributed by atoms with Gasteiger partial charge < -0.3 is 15.4 Å². The molecular formula is C17H20N2O3. The summed E-state index contributed by atoms with van der Waals surface area (Å²) in [5.41, 5.74) is 1.31. The normalized spacial score (nSPS) is 16.8. The third-order valence-electron chi connectivity index (χ3n) is 3.48. The summed E-state index contributed by atoms with van der Waals surface area (Å²) in [6, 6.07) is 7.00. The minimum absolute atomic E-state index is 0.0510. The monoisotopic (exact) mass is 300 g/mol. The lowest BCUT2D eigenvalue weighted by molar-refractivity contribution is -0.124. The Morgan fingerprint density at radius 1 is 1.36 bits per heavy atom. The van der Waals surface area contributed by atoms with Crippen molar-refractivity contribution in [1.82, 2.24) is 5.32 Å². The number of hydrogen-bond acceptors (Lipinski definition) is 3. The van der Waals surface area contributed by atoms with E-state index in [-0.39, 0.29) is 24.5 Å². The molecule has 0 radical (unpaired) electrons. The van der Waals surface area contributed by atoms with Crippen molar-refractivity contribution in [3.63, 3.8) is 0 Å². The molecular weight excluding hydrogens is 280 g/mol. The second-order valence-electron chi connectivity index (χ2n) is 5.22. The van der Waals surface area contributed by atoms with Crippen LogP contribution in [0, 0.1) is 12.3 Å². The van der Waals surface area contributed by atoms with Crippen molar-refractivity contribution in [1.29, 1.82) is 0 Å². The standard InChI is InChI=1S/C17H20N2O3/c1-2-13-5-3-6-14(11-13)19-17(21)12-18-16(20)9-8-15-7-4-10-22-15/h1,3,5-6,11,15H,4,7-10,12H2,(H,18,20)(H,19,21). The van der Waals surface area contributed by atoms with E-state index >= 15 is 0 Å². The number of terminal acetylenes is 1. The zero-order valence-corrected chi connectivity index (χ0v) is 12.4. The van der Waals surface area contributed by atoms with Gasteiger partial charge in [-0.15, -0.1) is 6.42 Å². The molecule has 2 rings (SSSR count). The maximum atomic E-state index is 11.8. The molecule has 1 saturated heterocycles. The van der Waals surface area contributed by atoms with E-state index in [4.69, 9.17) is 11.2 Å². The molecule has 1 aliphatic rings. The molecule has 2 amide bonds. The number of ether oxygens (including phenoxy) is 1. The molecule has 1 unspecified atom stereocenters. The van der Waals surface area contributed by atoms with Crippen molar-refractivity contribution in [2.75, 3.05) is 18.5 Å². The van der Waals surface area contributed by atoms with Gasteiger partial charge in [-0.2, -0.15) is 0 Å². The first-order valence-electron chi connectivity index (χ1n) is 7.42. The van der Waals surface area contributed by atoms with E-state index in [9.17, 15) is 9.59 Å². The van der Waals surface area contributed by atoms with Crippen molar-refractivity contribution < 1.29 is 14.3 Å². The van der Waals surface area contributed by atoms with Gasteiger partial charge in [0, 0.05) is 24.3 Å². The zero-order chi connectivity index (χ0) is 15.8. The van der Waals surface area contributed by atoms with Crippen LogP contribution >= 0.6 is 0 Å². The number of nitrogens with one attached hydrogen (secondary N) is 2. The van der Waals surface area contributed by atoms with Crippen molar-refractivity contribution in [2.24, 2.45) is 0 Å². The molecule has 1 aromatic carbocycles. The second-order valence-corrected chi connectivity index (χ2v) is 5.22. The lowest BCUT2D eigenvalue weighted by Crippen LogP contribution is -2.33. The summed E-state index contributed by atoms with van der Waals surface area (Å²) in [6.07, 6.45) is 8.65. The van der Waals surface area contributed by atoms with E-state index < -0.39 is 0 Å². The van der Waals surface area contributed by atoms with E-state index in [2.05, 4.69) is 16.6 Å². The molecule has 2 N–H and O–H groups in total. The zero-order valence-electron chi connectivity index (χ0n) is 12.4. The maximum absolute atomic E-state index is 11.8. The maximum Gasteiger partial charge on any atom is 0.243 e. The highest BCUT2D eigenvalue weighted by Crippen LogP contribution is 2.16. The third kappa shape index (κ3) is 5.23. The van der Waals surface area contributed by atoms with Crippen molar-refractivity contribution in [3.8, 4) is 12.3 Å². The molecule has 116 valence electrons. The summed E-state index contributed by atoms with van der Waals surface area (Å²) >= 11 is 0. The smallest absolute Gasteiger partial charge is 0.243 e. The first-order chi connectivity index (χ1) is 10.7. The third-order valence-corrected chi connectivity index (χ3v) is 3.48. The van der Waals surface area contributed by atoms with Crippen molar-refractivity contribution >= 4 is 17.5 Å². The first kappa shape index (κ1) is 16.1. The van der Waals surface area contributed by atoms with Crippen LogP contribution in [0.5, 0.6) is 0 Å². The highest BCUT2D eigenvalue weighted by atomic mass is 16.5. The second kappa shape index (κ2) is 8.20. The molecule has 5 heteroatoms. The molecule has 0 spiro atoms. The minimum Gasteiger partial charge on any atom is -0.378 e. The van der Waals surface area contributed by atoms with Crippen LogP contribution in [0.4, 0.5) is 5.69 Å². The summed E-state index contributed by atoms with van der Waals surface area (Å²) in [7, 11) is 0. The molecule has 1 heterocycles. The topological polar surface area (TPSA) is 67.4 Å². The van der Waals surface area contributed by atoms with Gasteiger partial charge in [-0.1, -0.05) is 12.0 Å². The van der Waals surface area contributed by atoms with Crippen LogP contribution < -0.4 is 10.6 Å².